The number of ether oxygens (including phenoxy) is 1. The Hall–Kier alpha value is -1.55. The third-order valence-corrected chi connectivity index (χ3v) is 2.60. The van der Waals surface area contributed by atoms with Crippen LogP contribution in [0.2, 0.25) is 0 Å². The van der Waals surface area contributed by atoms with Crippen LogP contribution in [0.25, 0.3) is 0 Å². The molecule has 0 spiro atoms. The molecule has 0 aromatic heterocycles. The summed E-state index contributed by atoms with van der Waals surface area (Å²) in [4.78, 5) is 11.7. The lowest BCUT2D eigenvalue weighted by atomic mass is 10.2. The molecule has 0 aliphatic rings. The minimum absolute atomic E-state index is 0.0604. The smallest absolute Gasteiger partial charge is 0.238 e. The van der Waals surface area contributed by atoms with Gasteiger partial charge in [-0.15, -0.1) is 0 Å². The van der Waals surface area contributed by atoms with Crippen molar-refractivity contribution in [2.24, 2.45) is 0 Å². The lowest BCUT2D eigenvalue weighted by Gasteiger charge is -2.12. The van der Waals surface area contributed by atoms with E-state index in [1.54, 1.807) is 7.11 Å². The molecule has 0 bridgehead atoms. The van der Waals surface area contributed by atoms with Crippen molar-refractivity contribution in [3.63, 3.8) is 0 Å². The van der Waals surface area contributed by atoms with Crippen LogP contribution >= 0.6 is 0 Å². The highest BCUT2D eigenvalue weighted by molar-refractivity contribution is 5.93. The highest BCUT2D eigenvalue weighted by atomic mass is 16.5. The third kappa shape index (κ3) is 4.44. The monoisotopic (exact) mass is 236 g/mol. The predicted molar refractivity (Wildman–Crippen MR) is 69.4 cm³/mol. The van der Waals surface area contributed by atoms with Crippen molar-refractivity contribution in [2.45, 2.75) is 26.3 Å². The maximum Gasteiger partial charge on any atom is 0.238 e. The third-order valence-electron chi connectivity index (χ3n) is 2.60. The predicted octanol–water partition coefficient (Wildman–Crippen LogP) is 2.02. The lowest BCUT2D eigenvalue weighted by molar-refractivity contribution is -0.115. The molecule has 4 nitrogen and oxygen atoms in total. The average molecular weight is 236 g/mol. The molecule has 1 aromatic rings. The molecule has 0 aliphatic heterocycles. The molecule has 1 amide bonds. The first-order valence-corrected chi connectivity index (χ1v) is 5.83. The molecule has 0 aliphatic carbocycles. The zero-order valence-corrected chi connectivity index (χ0v) is 10.6. The molecule has 2 N–H and O–H groups in total. The number of para-hydroxylation sites is 2. The van der Waals surface area contributed by atoms with Crippen LogP contribution in [0.3, 0.4) is 0 Å². The van der Waals surface area contributed by atoms with E-state index in [0.717, 1.165) is 6.42 Å². The summed E-state index contributed by atoms with van der Waals surface area (Å²) in [6.45, 7) is 4.44. The van der Waals surface area contributed by atoms with Crippen molar-refractivity contribution in [1.82, 2.24) is 5.32 Å². The topological polar surface area (TPSA) is 50.4 Å². The maximum atomic E-state index is 11.7. The molecule has 0 saturated heterocycles. The van der Waals surface area contributed by atoms with E-state index in [4.69, 9.17) is 4.74 Å². The quantitative estimate of drug-likeness (QED) is 0.794. The number of anilines is 1. The summed E-state index contributed by atoms with van der Waals surface area (Å²) in [5.74, 6) is 0.610. The van der Waals surface area contributed by atoms with E-state index in [1.165, 1.54) is 0 Å². The highest BCUT2D eigenvalue weighted by Gasteiger charge is 2.07. The fourth-order valence-corrected chi connectivity index (χ4v) is 1.35. The number of rotatable bonds is 6. The molecule has 0 fully saturated rings. The fourth-order valence-electron chi connectivity index (χ4n) is 1.35. The second kappa shape index (κ2) is 6.91. The summed E-state index contributed by atoms with van der Waals surface area (Å²) in [5, 5.41) is 5.95. The van der Waals surface area contributed by atoms with Crippen molar-refractivity contribution in [3.8, 4) is 5.75 Å². The van der Waals surface area contributed by atoms with Crippen LogP contribution in [-0.2, 0) is 4.79 Å². The van der Waals surface area contributed by atoms with Gasteiger partial charge < -0.3 is 15.4 Å². The largest absolute Gasteiger partial charge is 0.495 e. The molecule has 1 atom stereocenters. The molecule has 0 saturated carbocycles. The van der Waals surface area contributed by atoms with Crippen LogP contribution in [0.5, 0.6) is 5.75 Å². The summed E-state index contributed by atoms with van der Waals surface area (Å²) in [7, 11) is 1.59. The van der Waals surface area contributed by atoms with Crippen LogP contribution in [0.1, 0.15) is 20.3 Å². The molecular weight excluding hydrogens is 216 g/mol. The summed E-state index contributed by atoms with van der Waals surface area (Å²) in [6, 6.07) is 7.71. The van der Waals surface area contributed by atoms with Crippen molar-refractivity contribution in [3.05, 3.63) is 24.3 Å². The Morgan fingerprint density at radius 1 is 1.41 bits per heavy atom. The molecule has 1 rings (SSSR count). The van der Waals surface area contributed by atoms with Gasteiger partial charge in [-0.3, -0.25) is 4.79 Å². The van der Waals surface area contributed by atoms with E-state index in [0.29, 0.717) is 24.0 Å². The molecule has 0 heterocycles. The van der Waals surface area contributed by atoms with Crippen LogP contribution in [0.15, 0.2) is 24.3 Å². The summed E-state index contributed by atoms with van der Waals surface area (Å²) >= 11 is 0. The van der Waals surface area contributed by atoms with Gasteiger partial charge >= 0.3 is 0 Å². The molecule has 1 aromatic carbocycles. The van der Waals surface area contributed by atoms with Gasteiger partial charge in [-0.2, -0.15) is 0 Å². The minimum Gasteiger partial charge on any atom is -0.495 e. The summed E-state index contributed by atoms with van der Waals surface area (Å²) in [5.41, 5.74) is 0.700. The Balaban J connectivity index is 2.50. The van der Waals surface area contributed by atoms with Crippen LogP contribution in [-0.4, -0.2) is 25.6 Å². The van der Waals surface area contributed by atoms with Gasteiger partial charge in [0.2, 0.25) is 5.91 Å². The number of hydrogen-bond acceptors (Lipinski definition) is 3. The van der Waals surface area contributed by atoms with Crippen LogP contribution in [0.4, 0.5) is 5.69 Å². The van der Waals surface area contributed by atoms with Gasteiger partial charge in [-0.1, -0.05) is 19.1 Å². The Morgan fingerprint density at radius 3 is 2.76 bits per heavy atom. The van der Waals surface area contributed by atoms with Gasteiger partial charge in [0.05, 0.1) is 19.3 Å². The SMILES string of the molecule is CCC(C)NCC(=O)Nc1ccccc1OC. The first-order valence-electron chi connectivity index (χ1n) is 5.83. The number of carbonyl (C=O) groups excluding carboxylic acids is 1. The van der Waals surface area contributed by atoms with E-state index < -0.39 is 0 Å². The summed E-state index contributed by atoms with van der Waals surface area (Å²) < 4.78 is 5.16. The standard InChI is InChI=1S/C13H20N2O2/c1-4-10(2)14-9-13(16)15-11-7-5-6-8-12(11)17-3/h5-8,10,14H,4,9H2,1-3H3,(H,15,16). The van der Waals surface area contributed by atoms with Crippen molar-refractivity contribution < 1.29 is 9.53 Å². The van der Waals surface area contributed by atoms with Crippen molar-refractivity contribution in [2.75, 3.05) is 19.0 Å². The maximum absolute atomic E-state index is 11.7. The van der Waals surface area contributed by atoms with Crippen LogP contribution < -0.4 is 15.4 Å². The van der Waals surface area contributed by atoms with E-state index >= 15 is 0 Å². The lowest BCUT2D eigenvalue weighted by Crippen LogP contribution is -2.34. The second-order valence-corrected chi connectivity index (χ2v) is 3.94. The first kappa shape index (κ1) is 13.5. The zero-order chi connectivity index (χ0) is 12.7. The number of amides is 1. The Morgan fingerprint density at radius 2 is 2.12 bits per heavy atom. The Bertz CT molecular complexity index is 366. The van der Waals surface area contributed by atoms with Crippen molar-refractivity contribution >= 4 is 11.6 Å². The van der Waals surface area contributed by atoms with Gasteiger partial charge in [0.25, 0.3) is 0 Å². The number of nitrogens with one attached hydrogen (secondary N) is 2. The van der Waals surface area contributed by atoms with E-state index in [-0.39, 0.29) is 5.91 Å². The first-order chi connectivity index (χ1) is 8.17. The normalized spacial score (nSPS) is 11.9. The summed E-state index contributed by atoms with van der Waals surface area (Å²) in [6.07, 6.45) is 1.00. The molecule has 1 unspecified atom stereocenters. The second-order valence-electron chi connectivity index (χ2n) is 3.94. The van der Waals surface area contributed by atoms with Gasteiger partial charge in [-0.05, 0) is 25.5 Å². The number of methoxy groups -OCH3 is 1. The van der Waals surface area contributed by atoms with Crippen LogP contribution in [0, 0.1) is 0 Å². The van der Waals surface area contributed by atoms with Gasteiger partial charge in [0.15, 0.2) is 0 Å². The molecule has 17 heavy (non-hydrogen) atoms. The van der Waals surface area contributed by atoms with E-state index in [1.807, 2.05) is 24.3 Å². The highest BCUT2D eigenvalue weighted by Crippen LogP contribution is 2.22. The Kier molecular flexibility index (Phi) is 5.49. The van der Waals surface area contributed by atoms with E-state index in [2.05, 4.69) is 24.5 Å². The minimum atomic E-state index is -0.0604. The number of carbonyl (C=O) groups is 1. The fraction of sp³-hybridized carbons (Fsp3) is 0.462. The van der Waals surface area contributed by atoms with E-state index in [9.17, 15) is 4.79 Å². The van der Waals surface area contributed by atoms with Gasteiger partial charge in [0, 0.05) is 6.04 Å². The molecule has 94 valence electrons. The van der Waals surface area contributed by atoms with Gasteiger partial charge in [0.1, 0.15) is 5.75 Å². The van der Waals surface area contributed by atoms with Gasteiger partial charge in [-0.25, -0.2) is 0 Å². The average Bonchev–Trinajstić information content (AvgIpc) is 2.36. The molecule has 4 heteroatoms. The zero-order valence-electron chi connectivity index (χ0n) is 10.6. The number of benzene rings is 1. The Labute approximate surface area is 102 Å². The van der Waals surface area contributed by atoms with Crippen molar-refractivity contribution in [1.29, 1.82) is 0 Å². The molecular formula is C13H20N2O2. The number of hydrogen-bond donors (Lipinski definition) is 2. The molecule has 0 radical (unpaired) electrons.